The minimum atomic E-state index is -0.181. The fourth-order valence-electron chi connectivity index (χ4n) is 1.27. The summed E-state index contributed by atoms with van der Waals surface area (Å²) in [5.74, 6) is 0. The van der Waals surface area contributed by atoms with Crippen LogP contribution in [0.15, 0.2) is 24.3 Å². The Morgan fingerprint density at radius 2 is 1.93 bits per heavy atom. The molecule has 0 radical (unpaired) electrons. The molecule has 0 aromatic heterocycles. The monoisotopic (exact) mass is 210 g/mol. The van der Waals surface area contributed by atoms with Gasteiger partial charge in [-0.3, -0.25) is 0 Å². The predicted molar refractivity (Wildman–Crippen MR) is 59.3 cm³/mol. The highest BCUT2D eigenvalue weighted by Gasteiger charge is 2.43. The van der Waals surface area contributed by atoms with Crippen LogP contribution in [-0.2, 0) is 11.3 Å². The highest BCUT2D eigenvalue weighted by molar-refractivity contribution is 5.24. The molecule has 0 spiro atoms. The highest BCUT2D eigenvalue weighted by Crippen LogP contribution is 2.14. The van der Waals surface area contributed by atoms with Crippen molar-refractivity contribution in [2.75, 3.05) is 20.2 Å². The van der Waals surface area contributed by atoms with E-state index in [2.05, 4.69) is 43.0 Å². The molecule has 3 nitrogen and oxygen atoms in total. The van der Waals surface area contributed by atoms with Gasteiger partial charge in [-0.2, -0.15) is 10.0 Å². The fraction of sp³-hybridized carbons (Fsp3) is 0.500. The molecule has 1 aliphatic heterocycles. The van der Waals surface area contributed by atoms with E-state index in [1.807, 2.05) is 0 Å². The van der Waals surface area contributed by atoms with Crippen molar-refractivity contribution >= 4 is 0 Å². The van der Waals surface area contributed by atoms with E-state index in [1.54, 1.807) is 0 Å². The third-order valence-electron chi connectivity index (χ3n) is 2.59. The standard InChI is InChI=1S/C9H12.C3H8NO2/c1-3-9-7-5-4-6-8(9)2;1-6-4(5)2-3-4/h4-7H,3H2,1-2H3;5H,2-3H2,1H3/q;+1. The SMILES string of the molecule is CCc1ccccc1C.CO[N+]1(O)CC1. The van der Waals surface area contributed by atoms with Gasteiger partial charge in [0.25, 0.3) is 0 Å². The maximum atomic E-state index is 8.65. The van der Waals surface area contributed by atoms with Gasteiger partial charge in [-0.1, -0.05) is 31.2 Å². The lowest BCUT2D eigenvalue weighted by molar-refractivity contribution is -1.16. The average molecular weight is 210 g/mol. The molecule has 0 atom stereocenters. The Bertz CT molecular complexity index is 308. The first-order chi connectivity index (χ1) is 7.11. The molecule has 15 heavy (non-hydrogen) atoms. The molecule has 1 aromatic carbocycles. The van der Waals surface area contributed by atoms with Crippen molar-refractivity contribution in [3.05, 3.63) is 35.4 Å². The first kappa shape index (κ1) is 12.2. The molecule has 1 fully saturated rings. The Labute approximate surface area is 91.4 Å². The van der Waals surface area contributed by atoms with Crippen molar-refractivity contribution < 1.29 is 14.9 Å². The number of hydroxylamine groups is 4. The molecule has 1 saturated heterocycles. The van der Waals surface area contributed by atoms with Crippen LogP contribution in [0.5, 0.6) is 0 Å². The number of hydrogen-bond acceptors (Lipinski definition) is 2. The molecule has 1 aromatic rings. The molecule has 0 saturated carbocycles. The molecule has 1 N–H and O–H groups in total. The van der Waals surface area contributed by atoms with E-state index in [0.29, 0.717) is 0 Å². The Kier molecular flexibility index (Phi) is 4.27. The summed E-state index contributed by atoms with van der Waals surface area (Å²) in [5.41, 5.74) is 2.86. The second-order valence-corrected chi connectivity index (χ2v) is 3.76. The van der Waals surface area contributed by atoms with Crippen LogP contribution in [0.3, 0.4) is 0 Å². The Morgan fingerprint density at radius 1 is 1.33 bits per heavy atom. The summed E-state index contributed by atoms with van der Waals surface area (Å²) in [4.78, 5) is 4.36. The lowest BCUT2D eigenvalue weighted by Crippen LogP contribution is -2.17. The van der Waals surface area contributed by atoms with Gasteiger partial charge in [0.1, 0.15) is 0 Å². The van der Waals surface area contributed by atoms with Crippen LogP contribution in [0.25, 0.3) is 0 Å². The van der Waals surface area contributed by atoms with Crippen molar-refractivity contribution in [3.63, 3.8) is 0 Å². The topological polar surface area (TPSA) is 29.5 Å². The third kappa shape index (κ3) is 4.00. The van der Waals surface area contributed by atoms with Gasteiger partial charge >= 0.3 is 0 Å². The number of aryl methyl sites for hydroxylation is 2. The smallest absolute Gasteiger partial charge is 0.182 e. The quantitative estimate of drug-likeness (QED) is 0.599. The zero-order valence-corrected chi connectivity index (χ0v) is 9.73. The van der Waals surface area contributed by atoms with Crippen molar-refractivity contribution in [1.82, 2.24) is 0 Å². The van der Waals surface area contributed by atoms with Crippen molar-refractivity contribution in [1.29, 1.82) is 0 Å². The minimum absolute atomic E-state index is 0.181. The molecule has 0 bridgehead atoms. The molecule has 84 valence electrons. The molecule has 2 rings (SSSR count). The summed E-state index contributed by atoms with van der Waals surface area (Å²) >= 11 is 0. The minimum Gasteiger partial charge on any atom is -0.182 e. The summed E-state index contributed by atoms with van der Waals surface area (Å²) in [6.07, 6.45) is 1.15. The summed E-state index contributed by atoms with van der Waals surface area (Å²) in [5, 5.41) is 8.65. The van der Waals surface area contributed by atoms with Crippen LogP contribution < -0.4 is 0 Å². The molecule has 3 heteroatoms. The van der Waals surface area contributed by atoms with Gasteiger partial charge < -0.3 is 0 Å². The molecule has 1 heterocycles. The van der Waals surface area contributed by atoms with E-state index >= 15 is 0 Å². The van der Waals surface area contributed by atoms with Crippen LogP contribution in [0, 0.1) is 6.92 Å². The van der Waals surface area contributed by atoms with E-state index in [1.165, 1.54) is 18.2 Å². The first-order valence-electron chi connectivity index (χ1n) is 5.31. The van der Waals surface area contributed by atoms with Crippen LogP contribution in [-0.4, -0.2) is 30.2 Å². The zero-order chi connectivity index (χ0) is 11.3. The van der Waals surface area contributed by atoms with E-state index in [9.17, 15) is 0 Å². The maximum absolute atomic E-state index is 8.65. The van der Waals surface area contributed by atoms with Gasteiger partial charge in [-0.25, -0.2) is 0 Å². The van der Waals surface area contributed by atoms with E-state index in [0.717, 1.165) is 19.5 Å². The van der Waals surface area contributed by atoms with Crippen LogP contribution >= 0.6 is 0 Å². The first-order valence-corrected chi connectivity index (χ1v) is 5.31. The predicted octanol–water partition coefficient (Wildman–Crippen LogP) is 2.32. The maximum Gasteiger partial charge on any atom is 0.197 e. The molecule has 1 aliphatic rings. The van der Waals surface area contributed by atoms with Gasteiger partial charge in [0.05, 0.1) is 7.11 Å². The second-order valence-electron chi connectivity index (χ2n) is 3.76. The van der Waals surface area contributed by atoms with Crippen molar-refractivity contribution in [2.24, 2.45) is 0 Å². The lowest BCUT2D eigenvalue weighted by Gasteiger charge is -1.98. The van der Waals surface area contributed by atoms with Gasteiger partial charge in [-0.05, 0) is 29.3 Å². The van der Waals surface area contributed by atoms with Gasteiger partial charge in [-0.15, -0.1) is 0 Å². The molecule has 0 unspecified atom stereocenters. The molecular formula is C12H20NO2+. The number of benzene rings is 1. The van der Waals surface area contributed by atoms with Gasteiger partial charge in [0.2, 0.25) is 0 Å². The number of quaternary nitrogens is 1. The lowest BCUT2D eigenvalue weighted by atomic mass is 10.1. The van der Waals surface area contributed by atoms with E-state index in [-0.39, 0.29) is 4.81 Å². The zero-order valence-electron chi connectivity index (χ0n) is 9.73. The van der Waals surface area contributed by atoms with Crippen LogP contribution in [0.4, 0.5) is 0 Å². The molecule has 0 aliphatic carbocycles. The second kappa shape index (κ2) is 5.26. The Hall–Kier alpha value is -0.900. The van der Waals surface area contributed by atoms with E-state index in [4.69, 9.17) is 5.21 Å². The summed E-state index contributed by atoms with van der Waals surface area (Å²) < 4.78 is 0. The fourth-order valence-corrected chi connectivity index (χ4v) is 1.27. The third-order valence-corrected chi connectivity index (χ3v) is 2.59. The van der Waals surface area contributed by atoms with Gasteiger partial charge in [0.15, 0.2) is 13.1 Å². The largest absolute Gasteiger partial charge is 0.197 e. The summed E-state index contributed by atoms with van der Waals surface area (Å²) in [7, 11) is 1.49. The normalized spacial score (nSPS) is 16.5. The van der Waals surface area contributed by atoms with Crippen molar-refractivity contribution in [3.8, 4) is 0 Å². The van der Waals surface area contributed by atoms with Crippen molar-refractivity contribution in [2.45, 2.75) is 20.3 Å². The Morgan fingerprint density at radius 3 is 2.20 bits per heavy atom. The molecular weight excluding hydrogens is 190 g/mol. The Balaban J connectivity index is 0.000000162. The summed E-state index contributed by atoms with van der Waals surface area (Å²) in [6.45, 7) is 5.83. The summed E-state index contributed by atoms with van der Waals surface area (Å²) in [6, 6.07) is 8.49. The van der Waals surface area contributed by atoms with E-state index < -0.39 is 0 Å². The van der Waals surface area contributed by atoms with Crippen LogP contribution in [0.1, 0.15) is 18.1 Å². The average Bonchev–Trinajstić information content (AvgIpc) is 2.99. The van der Waals surface area contributed by atoms with Crippen LogP contribution in [0.2, 0.25) is 0 Å². The molecule has 0 amide bonds. The number of rotatable bonds is 2. The number of hydrogen-bond donors (Lipinski definition) is 1. The number of nitrogens with zero attached hydrogens (tertiary/aromatic N) is 1. The van der Waals surface area contributed by atoms with Gasteiger partial charge in [0, 0.05) is 0 Å². The highest BCUT2D eigenvalue weighted by atomic mass is 16.9.